The van der Waals surface area contributed by atoms with E-state index in [1.807, 2.05) is 0 Å². The van der Waals surface area contributed by atoms with E-state index >= 15 is 0 Å². The second kappa shape index (κ2) is 24.2. The topological polar surface area (TPSA) is 117 Å². The molecule has 9 heteroatoms. The molecule has 0 rings (SSSR count). The van der Waals surface area contributed by atoms with Crippen LogP contribution < -0.4 is 5.73 Å². The summed E-state index contributed by atoms with van der Waals surface area (Å²) in [6, 6.07) is 0. The van der Waals surface area contributed by atoms with Gasteiger partial charge in [0.05, 0.1) is 19.8 Å². The molecule has 34 heavy (non-hydrogen) atoms. The molecule has 0 heterocycles. The van der Waals surface area contributed by atoms with Gasteiger partial charge in [-0.15, -0.1) is 0 Å². The van der Waals surface area contributed by atoms with Crippen molar-refractivity contribution in [2.75, 3.05) is 33.0 Å². The molecule has 2 unspecified atom stereocenters. The van der Waals surface area contributed by atoms with Gasteiger partial charge in [-0.05, 0) is 12.8 Å². The number of carbonyl (C=O) groups excluding carboxylic acids is 1. The molecule has 0 aromatic carbocycles. The molecular formula is C25H52NO7P. The lowest BCUT2D eigenvalue weighted by atomic mass is 10.1. The summed E-state index contributed by atoms with van der Waals surface area (Å²) in [6.45, 7) is 4.83. The van der Waals surface area contributed by atoms with Crippen LogP contribution in [0.4, 0.5) is 0 Å². The molecule has 0 spiro atoms. The van der Waals surface area contributed by atoms with E-state index in [2.05, 4.69) is 13.8 Å². The highest BCUT2D eigenvalue weighted by molar-refractivity contribution is 7.47. The Morgan fingerprint density at radius 2 is 1.29 bits per heavy atom. The summed E-state index contributed by atoms with van der Waals surface area (Å²) in [5.74, 6) is -0.339. The van der Waals surface area contributed by atoms with Gasteiger partial charge in [0, 0.05) is 19.6 Å². The molecule has 0 aromatic rings. The number of rotatable bonds is 26. The number of ether oxygens (including phenoxy) is 2. The third-order valence-corrected chi connectivity index (χ3v) is 6.51. The molecule has 0 fully saturated rings. The van der Waals surface area contributed by atoms with Gasteiger partial charge in [-0.2, -0.15) is 0 Å². The molecule has 3 N–H and O–H groups in total. The lowest BCUT2D eigenvalue weighted by molar-refractivity contribution is -0.154. The highest BCUT2D eigenvalue weighted by Crippen LogP contribution is 2.43. The van der Waals surface area contributed by atoms with Crippen molar-refractivity contribution in [1.82, 2.24) is 0 Å². The first kappa shape index (κ1) is 33.5. The molecule has 0 saturated heterocycles. The third kappa shape index (κ3) is 23.3. The highest BCUT2D eigenvalue weighted by atomic mass is 31.2. The normalized spacial score (nSPS) is 14.1. The summed E-state index contributed by atoms with van der Waals surface area (Å²) >= 11 is 0. The fourth-order valence-corrected chi connectivity index (χ4v) is 4.29. The molecule has 0 aliphatic carbocycles. The number of unbranched alkanes of at least 4 members (excludes halogenated alkanes) is 13. The lowest BCUT2D eigenvalue weighted by Gasteiger charge is -2.20. The predicted octanol–water partition coefficient (Wildman–Crippen LogP) is 6.29. The summed E-state index contributed by atoms with van der Waals surface area (Å²) in [4.78, 5) is 22.0. The number of esters is 1. The molecule has 8 nitrogen and oxygen atoms in total. The van der Waals surface area contributed by atoms with Crippen LogP contribution >= 0.6 is 7.82 Å². The molecule has 0 aliphatic rings. The fraction of sp³-hybridized carbons (Fsp3) is 0.960. The number of hydrogen-bond donors (Lipinski definition) is 2. The van der Waals surface area contributed by atoms with Crippen molar-refractivity contribution in [3.8, 4) is 0 Å². The van der Waals surface area contributed by atoms with Crippen molar-refractivity contribution in [3.05, 3.63) is 0 Å². The van der Waals surface area contributed by atoms with Gasteiger partial charge < -0.3 is 20.1 Å². The van der Waals surface area contributed by atoms with Crippen molar-refractivity contribution in [3.63, 3.8) is 0 Å². The van der Waals surface area contributed by atoms with E-state index in [0.717, 1.165) is 32.1 Å². The van der Waals surface area contributed by atoms with Crippen LogP contribution in [0.15, 0.2) is 0 Å². The van der Waals surface area contributed by atoms with E-state index in [1.165, 1.54) is 64.2 Å². The number of nitrogens with two attached hydrogens (primary N) is 1. The molecule has 0 bridgehead atoms. The van der Waals surface area contributed by atoms with Crippen LogP contribution in [0.3, 0.4) is 0 Å². The van der Waals surface area contributed by atoms with E-state index in [1.54, 1.807) is 0 Å². The molecule has 2 atom stereocenters. The maximum atomic E-state index is 12.3. The Bertz CT molecular complexity index is 508. The molecule has 0 aromatic heterocycles. The molecule has 0 aliphatic heterocycles. The van der Waals surface area contributed by atoms with Crippen LogP contribution in [0.5, 0.6) is 0 Å². The average Bonchev–Trinajstić information content (AvgIpc) is 2.81. The second-order valence-electron chi connectivity index (χ2n) is 8.92. The van der Waals surface area contributed by atoms with Gasteiger partial charge in [-0.25, -0.2) is 4.57 Å². The van der Waals surface area contributed by atoms with Crippen LogP contribution in [0.25, 0.3) is 0 Å². The zero-order chi connectivity index (χ0) is 25.3. The number of carbonyl (C=O) groups is 1. The van der Waals surface area contributed by atoms with E-state index < -0.39 is 13.9 Å². The van der Waals surface area contributed by atoms with Gasteiger partial charge >= 0.3 is 13.8 Å². The van der Waals surface area contributed by atoms with Gasteiger partial charge in [0.15, 0.2) is 0 Å². The van der Waals surface area contributed by atoms with Gasteiger partial charge in [0.1, 0.15) is 6.10 Å². The predicted molar refractivity (Wildman–Crippen MR) is 137 cm³/mol. The summed E-state index contributed by atoms with van der Waals surface area (Å²) in [5.41, 5.74) is 5.29. The first-order valence-corrected chi connectivity index (χ1v) is 15.0. The quantitative estimate of drug-likeness (QED) is 0.0794. The van der Waals surface area contributed by atoms with Gasteiger partial charge in [0.2, 0.25) is 0 Å². The average molecular weight is 510 g/mol. The van der Waals surface area contributed by atoms with Crippen LogP contribution in [0, 0.1) is 0 Å². The number of hydrogen-bond acceptors (Lipinski definition) is 7. The molecule has 0 radical (unpaired) electrons. The molecular weight excluding hydrogens is 457 g/mol. The Morgan fingerprint density at radius 1 is 0.765 bits per heavy atom. The molecule has 0 amide bonds. The molecule has 204 valence electrons. The first-order valence-electron chi connectivity index (χ1n) is 13.5. The Hall–Kier alpha value is -0.500. The van der Waals surface area contributed by atoms with Gasteiger partial charge in [-0.1, -0.05) is 97.3 Å². The summed E-state index contributed by atoms with van der Waals surface area (Å²) in [5, 5.41) is 0. The zero-order valence-corrected chi connectivity index (χ0v) is 22.7. The zero-order valence-electron chi connectivity index (χ0n) is 21.8. The third-order valence-electron chi connectivity index (χ3n) is 5.52. The van der Waals surface area contributed by atoms with Crippen LogP contribution in [0.2, 0.25) is 0 Å². The molecule has 0 saturated carbocycles. The monoisotopic (exact) mass is 509 g/mol. The van der Waals surface area contributed by atoms with Crippen molar-refractivity contribution in [2.45, 2.75) is 123 Å². The van der Waals surface area contributed by atoms with E-state index in [9.17, 15) is 14.3 Å². The van der Waals surface area contributed by atoms with Gasteiger partial charge in [-0.3, -0.25) is 13.8 Å². The Morgan fingerprint density at radius 3 is 1.85 bits per heavy atom. The van der Waals surface area contributed by atoms with Crippen LogP contribution in [-0.2, 0) is 27.9 Å². The smallest absolute Gasteiger partial charge is 0.457 e. The summed E-state index contributed by atoms with van der Waals surface area (Å²) < 4.78 is 32.8. The minimum absolute atomic E-state index is 0.0918. The Kier molecular flexibility index (Phi) is 23.8. The fourth-order valence-electron chi connectivity index (χ4n) is 3.52. The van der Waals surface area contributed by atoms with Crippen LogP contribution in [0.1, 0.15) is 117 Å². The second-order valence-corrected chi connectivity index (χ2v) is 10.4. The van der Waals surface area contributed by atoms with E-state index in [-0.39, 0.29) is 32.3 Å². The van der Waals surface area contributed by atoms with Gasteiger partial charge in [0.25, 0.3) is 0 Å². The van der Waals surface area contributed by atoms with Crippen molar-refractivity contribution >= 4 is 13.8 Å². The van der Waals surface area contributed by atoms with Crippen molar-refractivity contribution in [1.29, 1.82) is 0 Å². The standard InChI is InChI=1S/C25H52NO7P/c1-3-5-7-9-11-13-15-17-20-30-22-24(23-32-34(28,29)31-21-19-26)33-25(27)18-16-14-12-10-8-6-4-2/h24H,3-23,26H2,1-2H3,(H,28,29). The minimum atomic E-state index is -4.24. The van der Waals surface area contributed by atoms with E-state index in [4.69, 9.17) is 24.3 Å². The van der Waals surface area contributed by atoms with Crippen LogP contribution in [-0.4, -0.2) is 49.9 Å². The lowest BCUT2D eigenvalue weighted by Crippen LogP contribution is -2.28. The number of phosphoric ester groups is 1. The maximum Gasteiger partial charge on any atom is 0.472 e. The van der Waals surface area contributed by atoms with Crippen molar-refractivity contribution < 1.29 is 32.8 Å². The SMILES string of the molecule is CCCCCCCCCCOCC(COP(=O)(O)OCCN)OC(=O)CCCCCCCCC. The first-order chi connectivity index (χ1) is 16.4. The van der Waals surface area contributed by atoms with E-state index in [0.29, 0.717) is 13.0 Å². The number of phosphoric acid groups is 1. The minimum Gasteiger partial charge on any atom is -0.457 e. The highest BCUT2D eigenvalue weighted by Gasteiger charge is 2.25. The largest absolute Gasteiger partial charge is 0.472 e. The summed E-state index contributed by atoms with van der Waals surface area (Å²) in [7, 11) is -4.24. The summed E-state index contributed by atoms with van der Waals surface area (Å²) in [6.07, 6.45) is 17.0. The Balaban J connectivity index is 4.23. The maximum absolute atomic E-state index is 12.3. The Labute approximate surface area is 208 Å². The van der Waals surface area contributed by atoms with Crippen molar-refractivity contribution in [2.24, 2.45) is 5.73 Å².